The molecule has 0 saturated carbocycles. The Labute approximate surface area is 229 Å². The first-order valence-corrected chi connectivity index (χ1v) is 14.9. The van der Waals surface area contributed by atoms with Gasteiger partial charge in [-0.15, -0.1) is 22.7 Å². The van der Waals surface area contributed by atoms with Crippen molar-refractivity contribution in [3.05, 3.63) is 119 Å². The third-order valence-corrected chi connectivity index (χ3v) is 9.78. The van der Waals surface area contributed by atoms with Gasteiger partial charge in [0.05, 0.1) is 0 Å². The van der Waals surface area contributed by atoms with Crippen molar-refractivity contribution in [3.63, 3.8) is 0 Å². The number of hydrogen-bond donors (Lipinski definition) is 0. The molecule has 0 spiro atoms. The quantitative estimate of drug-likeness (QED) is 0.218. The van der Waals surface area contributed by atoms with E-state index >= 15 is 0 Å². The Morgan fingerprint density at radius 2 is 1.16 bits per heavy atom. The van der Waals surface area contributed by atoms with Gasteiger partial charge in [0, 0.05) is 14.3 Å². The van der Waals surface area contributed by atoms with Crippen LogP contribution in [0.2, 0.25) is 0 Å². The van der Waals surface area contributed by atoms with Gasteiger partial charge < -0.3 is 0 Å². The monoisotopic (exact) mass is 520 g/mol. The summed E-state index contributed by atoms with van der Waals surface area (Å²) in [6, 6.07) is 38.3. The van der Waals surface area contributed by atoms with Crippen molar-refractivity contribution in [2.75, 3.05) is 0 Å². The van der Waals surface area contributed by atoms with Crippen molar-refractivity contribution in [2.45, 2.75) is 12.8 Å². The van der Waals surface area contributed by atoms with Crippen molar-refractivity contribution in [3.8, 4) is 32.7 Å². The molecular weight excluding hydrogens is 497 g/mol. The average molecular weight is 521 g/mol. The minimum absolute atomic E-state index is 1.08. The summed E-state index contributed by atoms with van der Waals surface area (Å²) in [6.45, 7) is 0. The van der Waals surface area contributed by atoms with E-state index in [9.17, 15) is 0 Å². The molecule has 0 saturated heterocycles. The van der Waals surface area contributed by atoms with E-state index in [-0.39, 0.29) is 0 Å². The Kier molecular flexibility index (Phi) is 5.11. The predicted molar refractivity (Wildman–Crippen MR) is 168 cm³/mol. The second kappa shape index (κ2) is 8.80. The smallest absolute Gasteiger partial charge is 0.0356 e. The van der Waals surface area contributed by atoms with Crippen LogP contribution in [0.3, 0.4) is 0 Å². The van der Waals surface area contributed by atoms with Gasteiger partial charge in [0.2, 0.25) is 0 Å². The number of hydrogen-bond acceptors (Lipinski definition) is 2. The van der Waals surface area contributed by atoms with Gasteiger partial charge in [-0.05, 0) is 108 Å². The molecule has 0 N–H and O–H groups in total. The Morgan fingerprint density at radius 3 is 1.87 bits per heavy atom. The van der Waals surface area contributed by atoms with Crippen molar-refractivity contribution in [1.29, 1.82) is 0 Å². The first-order chi connectivity index (χ1) is 18.8. The van der Waals surface area contributed by atoms with Crippen molar-refractivity contribution in [1.82, 2.24) is 0 Å². The molecular formula is C36H24S2. The van der Waals surface area contributed by atoms with Crippen LogP contribution < -0.4 is 10.4 Å². The zero-order valence-electron chi connectivity index (χ0n) is 20.8. The highest BCUT2D eigenvalue weighted by atomic mass is 32.1. The third kappa shape index (κ3) is 3.49. The fourth-order valence-electron chi connectivity index (χ4n) is 6.03. The highest BCUT2D eigenvalue weighted by Crippen LogP contribution is 2.40. The van der Waals surface area contributed by atoms with Gasteiger partial charge in [0.1, 0.15) is 0 Å². The Balaban J connectivity index is 1.46. The van der Waals surface area contributed by atoms with Crippen LogP contribution >= 0.6 is 22.7 Å². The van der Waals surface area contributed by atoms with Crippen LogP contribution in [-0.2, 0) is 0 Å². The fourth-order valence-corrected chi connectivity index (χ4v) is 7.94. The van der Waals surface area contributed by atoms with Gasteiger partial charge in [0.25, 0.3) is 0 Å². The SMILES string of the molecule is C1=c2c(-c3ccccc3)c3ccc(-c4cc5cc6sccc6cc5s4)cc3c(-c3ccccc3)c2=CCC1. The van der Waals surface area contributed by atoms with E-state index in [0.717, 1.165) is 12.8 Å². The molecule has 2 heterocycles. The molecule has 5 aromatic carbocycles. The Morgan fingerprint density at radius 1 is 0.500 bits per heavy atom. The molecule has 0 aliphatic heterocycles. The van der Waals surface area contributed by atoms with E-state index in [4.69, 9.17) is 0 Å². The molecule has 180 valence electrons. The van der Waals surface area contributed by atoms with Crippen LogP contribution in [0.15, 0.2) is 109 Å². The summed E-state index contributed by atoms with van der Waals surface area (Å²) in [5.74, 6) is 0. The molecule has 0 bridgehead atoms. The molecule has 0 radical (unpaired) electrons. The van der Waals surface area contributed by atoms with Crippen molar-refractivity contribution < 1.29 is 0 Å². The molecule has 0 unspecified atom stereocenters. The first-order valence-electron chi connectivity index (χ1n) is 13.2. The minimum Gasteiger partial charge on any atom is -0.144 e. The number of rotatable bonds is 3. The summed E-state index contributed by atoms with van der Waals surface area (Å²) in [4.78, 5) is 1.33. The van der Waals surface area contributed by atoms with Gasteiger partial charge in [0.15, 0.2) is 0 Å². The lowest BCUT2D eigenvalue weighted by molar-refractivity contribution is 1.12. The van der Waals surface area contributed by atoms with Gasteiger partial charge in [-0.25, -0.2) is 0 Å². The van der Waals surface area contributed by atoms with E-state index < -0.39 is 0 Å². The Hall–Kier alpha value is -3.98. The molecule has 2 heteroatoms. The summed E-state index contributed by atoms with van der Waals surface area (Å²) in [5.41, 5.74) is 6.57. The van der Waals surface area contributed by atoms with Crippen LogP contribution in [0.25, 0.3) is 75.8 Å². The normalized spacial score (nSPS) is 12.9. The van der Waals surface area contributed by atoms with Crippen LogP contribution in [0.4, 0.5) is 0 Å². The maximum atomic E-state index is 2.46. The maximum absolute atomic E-state index is 2.46. The number of benzene rings is 5. The zero-order valence-corrected chi connectivity index (χ0v) is 22.4. The van der Waals surface area contributed by atoms with Gasteiger partial charge in [-0.2, -0.15) is 0 Å². The van der Waals surface area contributed by atoms with Gasteiger partial charge in [-0.3, -0.25) is 0 Å². The maximum Gasteiger partial charge on any atom is 0.0356 e. The van der Waals surface area contributed by atoms with Crippen molar-refractivity contribution in [2.24, 2.45) is 0 Å². The predicted octanol–water partition coefficient (Wildman–Crippen LogP) is 9.62. The summed E-state index contributed by atoms with van der Waals surface area (Å²) in [6.07, 6.45) is 7.08. The Bertz CT molecular complexity index is 2060. The molecule has 0 atom stereocenters. The van der Waals surface area contributed by atoms with Gasteiger partial charge in [-0.1, -0.05) is 84.9 Å². The fraction of sp³-hybridized carbons (Fsp3) is 0.0556. The van der Waals surface area contributed by atoms with Crippen LogP contribution in [-0.4, -0.2) is 0 Å². The van der Waals surface area contributed by atoms with E-state index in [0.29, 0.717) is 0 Å². The van der Waals surface area contributed by atoms with Crippen LogP contribution in [0, 0.1) is 0 Å². The number of fused-ring (bicyclic) bond motifs is 4. The average Bonchev–Trinajstić information content (AvgIpc) is 3.61. The van der Waals surface area contributed by atoms with Crippen molar-refractivity contribution >= 4 is 65.8 Å². The molecule has 0 fully saturated rings. The molecule has 38 heavy (non-hydrogen) atoms. The lowest BCUT2D eigenvalue weighted by Gasteiger charge is -2.18. The summed E-state index contributed by atoms with van der Waals surface area (Å²) < 4.78 is 2.71. The standard InChI is InChI=1S/C36H24S2/c1-3-9-23(10-4-1)35-28-13-7-8-14-29(28)36(24-11-5-2-6-12-24)31-19-25(15-16-30(31)35)33-22-27-21-32-26(17-18-37-32)20-34(27)38-33/h1-6,9-22H,7-8H2. The molecule has 7 aromatic rings. The van der Waals surface area contributed by atoms with E-state index in [2.05, 4.69) is 121 Å². The van der Waals surface area contributed by atoms with E-state index in [1.807, 2.05) is 22.7 Å². The van der Waals surface area contributed by atoms with Crippen LogP contribution in [0.1, 0.15) is 12.8 Å². The molecule has 8 rings (SSSR count). The molecule has 1 aliphatic rings. The highest BCUT2D eigenvalue weighted by molar-refractivity contribution is 7.22. The van der Waals surface area contributed by atoms with E-state index in [1.165, 1.54) is 74.1 Å². The van der Waals surface area contributed by atoms with Crippen LogP contribution in [0.5, 0.6) is 0 Å². The minimum atomic E-state index is 1.08. The topological polar surface area (TPSA) is 0 Å². The zero-order chi connectivity index (χ0) is 25.1. The molecule has 2 aromatic heterocycles. The molecule has 1 aliphatic carbocycles. The summed E-state index contributed by atoms with van der Waals surface area (Å²) >= 11 is 3.72. The third-order valence-electron chi connectivity index (χ3n) is 7.75. The second-order valence-electron chi connectivity index (χ2n) is 10.0. The number of thiophene rings is 2. The lowest BCUT2D eigenvalue weighted by atomic mass is 9.85. The summed E-state index contributed by atoms with van der Waals surface area (Å²) in [7, 11) is 0. The lowest BCUT2D eigenvalue weighted by Crippen LogP contribution is -2.31. The van der Waals surface area contributed by atoms with E-state index in [1.54, 1.807) is 0 Å². The molecule has 0 amide bonds. The second-order valence-corrected chi connectivity index (χ2v) is 12.0. The molecule has 0 nitrogen and oxygen atoms in total. The summed E-state index contributed by atoms with van der Waals surface area (Å²) in [5, 5.41) is 10.3. The van der Waals surface area contributed by atoms with Gasteiger partial charge >= 0.3 is 0 Å². The first kappa shape index (κ1) is 22.0. The largest absolute Gasteiger partial charge is 0.144 e. The highest BCUT2D eigenvalue weighted by Gasteiger charge is 2.17.